The number of hydrogen-bond acceptors (Lipinski definition) is 3. The Hall–Kier alpha value is -2.40. The second-order valence-corrected chi connectivity index (χ2v) is 6.29. The molecule has 1 amide bonds. The number of phenols is 1. The first-order valence-electron chi connectivity index (χ1n) is 7.92. The van der Waals surface area contributed by atoms with Crippen molar-refractivity contribution in [3.8, 4) is 16.9 Å². The fourth-order valence-corrected chi connectivity index (χ4v) is 2.61. The van der Waals surface area contributed by atoms with E-state index in [-0.39, 0.29) is 17.7 Å². The molecule has 1 atom stereocenters. The van der Waals surface area contributed by atoms with Gasteiger partial charge in [0.05, 0.1) is 6.04 Å². The summed E-state index contributed by atoms with van der Waals surface area (Å²) in [6, 6.07) is 8.88. The van der Waals surface area contributed by atoms with E-state index in [1.54, 1.807) is 6.07 Å². The average molecular weight is 330 g/mol. The maximum Gasteiger partial charge on any atom is 0.237 e. The minimum atomic E-state index is -0.629. The van der Waals surface area contributed by atoms with Crippen LogP contribution in [0.4, 0.5) is 4.39 Å². The first-order chi connectivity index (χ1) is 11.3. The highest BCUT2D eigenvalue weighted by Gasteiger charge is 2.16. The lowest BCUT2D eigenvalue weighted by Crippen LogP contribution is -2.44. The molecule has 0 saturated heterocycles. The molecule has 0 spiro atoms. The third-order valence-corrected chi connectivity index (χ3v) is 3.75. The van der Waals surface area contributed by atoms with Crippen LogP contribution in [0, 0.1) is 12.7 Å². The van der Waals surface area contributed by atoms with Gasteiger partial charge >= 0.3 is 0 Å². The summed E-state index contributed by atoms with van der Waals surface area (Å²) in [5, 5.41) is 12.4. The maximum atomic E-state index is 14.0. The molecule has 0 aromatic heterocycles. The fraction of sp³-hybridized carbons (Fsp3) is 0.316. The largest absolute Gasteiger partial charge is 0.508 e. The van der Waals surface area contributed by atoms with Crippen LogP contribution in [0.1, 0.15) is 25.0 Å². The maximum absolute atomic E-state index is 14.0. The number of nitrogens with one attached hydrogen (secondary N) is 1. The molecule has 2 rings (SSSR count). The molecule has 0 radical (unpaired) electrons. The number of aryl methyl sites for hydroxylation is 1. The summed E-state index contributed by atoms with van der Waals surface area (Å²) >= 11 is 0. The van der Waals surface area contributed by atoms with Gasteiger partial charge in [0.25, 0.3) is 0 Å². The number of rotatable bonds is 5. The van der Waals surface area contributed by atoms with Crippen molar-refractivity contribution in [2.75, 3.05) is 0 Å². The minimum absolute atomic E-state index is 0.0160. The Labute approximate surface area is 141 Å². The number of phenolic OH excluding ortho intramolecular Hbond substituents is 1. The van der Waals surface area contributed by atoms with Gasteiger partial charge in [-0.2, -0.15) is 0 Å². The number of halogens is 1. The molecule has 0 aliphatic carbocycles. The highest BCUT2D eigenvalue weighted by atomic mass is 19.1. The van der Waals surface area contributed by atoms with Gasteiger partial charge in [-0.3, -0.25) is 4.79 Å². The summed E-state index contributed by atoms with van der Waals surface area (Å²) < 4.78 is 14.0. The lowest BCUT2D eigenvalue weighted by Gasteiger charge is -2.16. The Morgan fingerprint density at radius 3 is 2.54 bits per heavy atom. The van der Waals surface area contributed by atoms with Crippen LogP contribution in [-0.4, -0.2) is 23.1 Å². The number of benzene rings is 2. The molecule has 24 heavy (non-hydrogen) atoms. The van der Waals surface area contributed by atoms with Gasteiger partial charge in [0.2, 0.25) is 5.91 Å². The summed E-state index contributed by atoms with van der Waals surface area (Å²) in [5.74, 6) is -0.565. The van der Waals surface area contributed by atoms with Gasteiger partial charge in [-0.05, 0) is 62.1 Å². The summed E-state index contributed by atoms with van der Waals surface area (Å²) in [4.78, 5) is 11.9. The van der Waals surface area contributed by atoms with Crippen molar-refractivity contribution in [1.29, 1.82) is 0 Å². The van der Waals surface area contributed by atoms with E-state index in [1.165, 1.54) is 18.2 Å². The van der Waals surface area contributed by atoms with Crippen LogP contribution in [0.5, 0.6) is 5.75 Å². The van der Waals surface area contributed by atoms with Crippen LogP contribution in [0.2, 0.25) is 0 Å². The van der Waals surface area contributed by atoms with E-state index in [2.05, 4.69) is 5.32 Å². The molecule has 0 aliphatic heterocycles. The highest BCUT2D eigenvalue weighted by molar-refractivity contribution is 5.82. The molecule has 2 aromatic rings. The number of amides is 1. The summed E-state index contributed by atoms with van der Waals surface area (Å²) in [6.45, 7) is 5.63. The second-order valence-electron chi connectivity index (χ2n) is 6.29. The number of aromatic hydroxyl groups is 1. The van der Waals surface area contributed by atoms with E-state index in [0.29, 0.717) is 17.5 Å². The average Bonchev–Trinajstić information content (AvgIpc) is 2.49. The first-order valence-corrected chi connectivity index (χ1v) is 7.92. The fourth-order valence-electron chi connectivity index (χ4n) is 2.61. The van der Waals surface area contributed by atoms with E-state index in [0.717, 1.165) is 11.1 Å². The van der Waals surface area contributed by atoms with E-state index in [1.807, 2.05) is 32.9 Å². The highest BCUT2D eigenvalue weighted by Crippen LogP contribution is 2.29. The lowest BCUT2D eigenvalue weighted by atomic mass is 9.95. The van der Waals surface area contributed by atoms with Crippen molar-refractivity contribution in [1.82, 2.24) is 5.32 Å². The van der Waals surface area contributed by atoms with Crippen LogP contribution in [-0.2, 0) is 11.2 Å². The minimum Gasteiger partial charge on any atom is -0.508 e. The first kappa shape index (κ1) is 17.9. The van der Waals surface area contributed by atoms with Crippen molar-refractivity contribution in [3.05, 3.63) is 53.3 Å². The predicted molar refractivity (Wildman–Crippen MR) is 93.2 cm³/mol. The van der Waals surface area contributed by atoms with Crippen molar-refractivity contribution in [2.24, 2.45) is 5.73 Å². The van der Waals surface area contributed by atoms with E-state index < -0.39 is 11.9 Å². The third kappa shape index (κ3) is 4.32. The number of carbonyl (C=O) groups excluding carboxylic acids is 1. The van der Waals surface area contributed by atoms with Gasteiger partial charge < -0.3 is 16.2 Å². The van der Waals surface area contributed by atoms with Gasteiger partial charge in [-0.15, -0.1) is 0 Å². The number of nitrogens with two attached hydrogens (primary N) is 1. The molecule has 0 saturated carbocycles. The van der Waals surface area contributed by atoms with Crippen LogP contribution >= 0.6 is 0 Å². The van der Waals surface area contributed by atoms with Gasteiger partial charge in [-0.25, -0.2) is 4.39 Å². The van der Waals surface area contributed by atoms with E-state index in [9.17, 15) is 14.3 Å². The standard InChI is InChI=1S/C19H23FN2O2/c1-11(2)22-19(24)18(21)9-13-4-6-15(12(3)8-13)16-10-14(23)5-7-17(16)20/h4-8,10-11,18,23H,9,21H2,1-3H3,(H,22,24). The Morgan fingerprint density at radius 1 is 1.21 bits per heavy atom. The molecule has 1 unspecified atom stereocenters. The second kappa shape index (κ2) is 7.45. The molecule has 128 valence electrons. The van der Waals surface area contributed by atoms with Crippen molar-refractivity contribution in [2.45, 2.75) is 39.3 Å². The lowest BCUT2D eigenvalue weighted by molar-refractivity contribution is -0.122. The zero-order valence-electron chi connectivity index (χ0n) is 14.1. The molecule has 0 heterocycles. The summed E-state index contributed by atoms with van der Waals surface area (Å²) in [6.07, 6.45) is 0.405. The van der Waals surface area contributed by atoms with Crippen LogP contribution in [0.3, 0.4) is 0 Å². The quantitative estimate of drug-likeness (QED) is 0.789. The summed E-state index contributed by atoms with van der Waals surface area (Å²) in [7, 11) is 0. The monoisotopic (exact) mass is 330 g/mol. The molecule has 4 N–H and O–H groups in total. The predicted octanol–water partition coefficient (Wildman–Crippen LogP) is 2.90. The Balaban J connectivity index is 2.21. The molecule has 0 bridgehead atoms. The van der Waals surface area contributed by atoms with Crippen LogP contribution in [0.25, 0.3) is 11.1 Å². The van der Waals surface area contributed by atoms with Crippen LogP contribution < -0.4 is 11.1 Å². The van der Waals surface area contributed by atoms with Crippen molar-refractivity contribution in [3.63, 3.8) is 0 Å². The molecule has 0 fully saturated rings. The van der Waals surface area contributed by atoms with E-state index >= 15 is 0 Å². The van der Waals surface area contributed by atoms with Gasteiger partial charge in [0.15, 0.2) is 0 Å². The Kier molecular flexibility index (Phi) is 5.57. The Bertz CT molecular complexity index is 744. The molecule has 2 aromatic carbocycles. The third-order valence-electron chi connectivity index (χ3n) is 3.75. The molecular weight excluding hydrogens is 307 g/mol. The van der Waals surface area contributed by atoms with Gasteiger partial charge in [-0.1, -0.05) is 18.2 Å². The molecule has 5 heteroatoms. The molecule has 0 aliphatic rings. The smallest absolute Gasteiger partial charge is 0.237 e. The SMILES string of the molecule is Cc1cc(CC(N)C(=O)NC(C)C)ccc1-c1cc(O)ccc1F. The molecular formula is C19H23FN2O2. The van der Waals surface area contributed by atoms with Crippen LogP contribution in [0.15, 0.2) is 36.4 Å². The van der Waals surface area contributed by atoms with Crippen molar-refractivity contribution >= 4 is 5.91 Å². The van der Waals surface area contributed by atoms with Crippen molar-refractivity contribution < 1.29 is 14.3 Å². The Morgan fingerprint density at radius 2 is 1.92 bits per heavy atom. The van der Waals surface area contributed by atoms with Gasteiger partial charge in [0.1, 0.15) is 11.6 Å². The topological polar surface area (TPSA) is 75.4 Å². The molecule has 4 nitrogen and oxygen atoms in total. The normalized spacial score (nSPS) is 12.2. The number of carbonyl (C=O) groups is 1. The zero-order chi connectivity index (χ0) is 17.9. The zero-order valence-corrected chi connectivity index (χ0v) is 14.1. The van der Waals surface area contributed by atoms with E-state index in [4.69, 9.17) is 5.73 Å². The summed E-state index contributed by atoms with van der Waals surface area (Å²) in [5.41, 5.74) is 8.75. The van der Waals surface area contributed by atoms with Gasteiger partial charge in [0, 0.05) is 11.6 Å². The number of hydrogen-bond donors (Lipinski definition) is 3.